The van der Waals surface area contributed by atoms with Crippen LogP contribution in [0, 0.1) is 5.82 Å². The van der Waals surface area contributed by atoms with Crippen molar-refractivity contribution in [1.29, 1.82) is 0 Å². The predicted molar refractivity (Wildman–Crippen MR) is 117 cm³/mol. The average Bonchev–Trinajstić information content (AvgIpc) is 2.79. The molecule has 0 saturated heterocycles. The fourth-order valence-electron chi connectivity index (χ4n) is 3.11. The first-order valence-corrected chi connectivity index (χ1v) is 11.1. The van der Waals surface area contributed by atoms with Crippen LogP contribution in [0.4, 0.5) is 4.39 Å². The molecule has 6 nitrogen and oxygen atoms in total. The van der Waals surface area contributed by atoms with Gasteiger partial charge in [-0.3, -0.25) is 0 Å². The van der Waals surface area contributed by atoms with Gasteiger partial charge in [-0.15, -0.1) is 0 Å². The summed E-state index contributed by atoms with van der Waals surface area (Å²) in [6.07, 6.45) is 0. The topological polar surface area (TPSA) is 81.9 Å². The minimum atomic E-state index is -4.13. The Morgan fingerprint density at radius 1 is 0.806 bits per heavy atom. The van der Waals surface area contributed by atoms with E-state index in [1.807, 2.05) is 0 Å². The van der Waals surface area contributed by atoms with Gasteiger partial charge in [0.05, 0.1) is 14.2 Å². The van der Waals surface area contributed by atoms with Gasteiger partial charge in [-0.2, -0.15) is 4.31 Å². The molecule has 0 atom stereocenters. The summed E-state index contributed by atoms with van der Waals surface area (Å²) in [6.45, 7) is 0.255. The van der Waals surface area contributed by atoms with Crippen molar-refractivity contribution in [3.63, 3.8) is 0 Å². The summed E-state index contributed by atoms with van der Waals surface area (Å²) in [5.74, 6) is 0.505. The number of benzene rings is 3. The molecule has 31 heavy (non-hydrogen) atoms. The summed E-state index contributed by atoms with van der Waals surface area (Å²) in [6, 6.07) is 18.1. The lowest BCUT2D eigenvalue weighted by Gasteiger charge is -2.23. The third-order valence-electron chi connectivity index (χ3n) is 4.89. The van der Waals surface area contributed by atoms with E-state index < -0.39 is 15.8 Å². The molecule has 0 unspecified atom stereocenters. The standard InChI is InChI=1S/C23H25FN2O4S/c1-29-20-8-3-17(4-9-20)15-26(16-18-5-10-21(30-2)11-6-18)31(27,28)23-12-7-19(14-25)13-22(23)24/h3-13H,14-16,25H2,1-2H3. The average molecular weight is 445 g/mol. The molecule has 8 heteroatoms. The van der Waals surface area contributed by atoms with Crippen LogP contribution in [0.3, 0.4) is 0 Å². The lowest BCUT2D eigenvalue weighted by Crippen LogP contribution is -2.31. The molecule has 0 radical (unpaired) electrons. The Bertz CT molecular complexity index is 1070. The third kappa shape index (κ3) is 5.41. The van der Waals surface area contributed by atoms with Crippen molar-refractivity contribution in [1.82, 2.24) is 4.31 Å². The van der Waals surface area contributed by atoms with Crippen LogP contribution in [0.2, 0.25) is 0 Å². The number of methoxy groups -OCH3 is 2. The van der Waals surface area contributed by atoms with Crippen LogP contribution in [0.5, 0.6) is 11.5 Å². The van der Waals surface area contributed by atoms with E-state index in [9.17, 15) is 12.8 Å². The highest BCUT2D eigenvalue weighted by molar-refractivity contribution is 7.89. The van der Waals surface area contributed by atoms with E-state index >= 15 is 0 Å². The maximum atomic E-state index is 14.7. The molecule has 0 aliphatic heterocycles. The summed E-state index contributed by atoms with van der Waals surface area (Å²) >= 11 is 0. The number of hydrogen-bond donors (Lipinski definition) is 1. The van der Waals surface area contributed by atoms with Crippen LogP contribution in [0.25, 0.3) is 0 Å². The Labute approximate surface area is 182 Å². The molecule has 0 amide bonds. The van der Waals surface area contributed by atoms with Gasteiger partial charge < -0.3 is 15.2 Å². The van der Waals surface area contributed by atoms with Gasteiger partial charge in [0, 0.05) is 19.6 Å². The molecule has 2 N–H and O–H groups in total. The number of halogens is 1. The zero-order valence-corrected chi connectivity index (χ0v) is 18.2. The summed E-state index contributed by atoms with van der Waals surface area (Å²) < 4.78 is 53.1. The molecule has 3 aromatic carbocycles. The van der Waals surface area contributed by atoms with Gasteiger partial charge >= 0.3 is 0 Å². The van der Waals surface area contributed by atoms with Crippen LogP contribution in [0.1, 0.15) is 16.7 Å². The SMILES string of the molecule is COc1ccc(CN(Cc2ccc(OC)cc2)S(=O)(=O)c2ccc(CN)cc2F)cc1. The molecule has 0 aromatic heterocycles. The molecule has 0 spiro atoms. The Balaban J connectivity index is 1.98. The zero-order chi connectivity index (χ0) is 22.4. The van der Waals surface area contributed by atoms with Crippen molar-refractivity contribution in [3.8, 4) is 11.5 Å². The van der Waals surface area contributed by atoms with E-state index in [1.54, 1.807) is 62.8 Å². The number of rotatable bonds is 9. The van der Waals surface area contributed by atoms with E-state index in [2.05, 4.69) is 0 Å². The largest absolute Gasteiger partial charge is 0.497 e. The predicted octanol–water partition coefficient (Wildman–Crippen LogP) is 3.69. The summed E-state index contributed by atoms with van der Waals surface area (Å²) in [4.78, 5) is -0.383. The zero-order valence-electron chi connectivity index (χ0n) is 17.4. The number of nitrogens with zero attached hydrogens (tertiary/aromatic N) is 1. The smallest absolute Gasteiger partial charge is 0.246 e. The van der Waals surface area contributed by atoms with Crippen molar-refractivity contribution in [2.24, 2.45) is 5.73 Å². The first-order chi connectivity index (χ1) is 14.9. The van der Waals surface area contributed by atoms with E-state index in [0.717, 1.165) is 17.2 Å². The molecule has 164 valence electrons. The summed E-state index contributed by atoms with van der Waals surface area (Å²) in [5.41, 5.74) is 7.56. The maximum absolute atomic E-state index is 14.7. The fourth-order valence-corrected chi connectivity index (χ4v) is 4.58. The van der Waals surface area contributed by atoms with E-state index in [-0.39, 0.29) is 24.5 Å². The van der Waals surface area contributed by atoms with Gasteiger partial charge in [0.15, 0.2) is 0 Å². The highest BCUT2D eigenvalue weighted by atomic mass is 32.2. The molecule has 0 aliphatic carbocycles. The van der Waals surface area contributed by atoms with E-state index in [4.69, 9.17) is 15.2 Å². The first kappa shape index (κ1) is 22.7. The minimum Gasteiger partial charge on any atom is -0.497 e. The molecule has 3 aromatic rings. The normalized spacial score (nSPS) is 11.5. The molecular formula is C23H25FN2O4S. The van der Waals surface area contributed by atoms with Crippen LogP contribution in [0.15, 0.2) is 71.6 Å². The quantitative estimate of drug-likeness (QED) is 0.544. The molecule has 3 rings (SSSR count). The molecule has 0 saturated carbocycles. The Morgan fingerprint density at radius 2 is 1.26 bits per heavy atom. The van der Waals surface area contributed by atoms with Crippen LogP contribution < -0.4 is 15.2 Å². The lowest BCUT2D eigenvalue weighted by atomic mass is 10.2. The van der Waals surface area contributed by atoms with Gasteiger partial charge in [0.2, 0.25) is 10.0 Å². The minimum absolute atomic E-state index is 0.0659. The second kappa shape index (κ2) is 9.91. The van der Waals surface area contributed by atoms with Crippen molar-refractivity contribution in [3.05, 3.63) is 89.2 Å². The van der Waals surface area contributed by atoms with Crippen LogP contribution in [-0.2, 0) is 29.7 Å². The molecular weight excluding hydrogens is 419 g/mol. The first-order valence-electron chi connectivity index (χ1n) is 9.62. The highest BCUT2D eigenvalue weighted by Gasteiger charge is 2.28. The third-order valence-corrected chi connectivity index (χ3v) is 6.71. The van der Waals surface area contributed by atoms with Gasteiger partial charge in [-0.1, -0.05) is 30.3 Å². The molecule has 0 bridgehead atoms. The lowest BCUT2D eigenvalue weighted by molar-refractivity contribution is 0.395. The van der Waals surface area contributed by atoms with Crippen LogP contribution in [-0.4, -0.2) is 26.9 Å². The van der Waals surface area contributed by atoms with Crippen molar-refractivity contribution < 1.29 is 22.3 Å². The fraction of sp³-hybridized carbons (Fsp3) is 0.217. The Hall–Kier alpha value is -2.94. The van der Waals surface area contributed by atoms with Gasteiger partial charge in [-0.25, -0.2) is 12.8 Å². The maximum Gasteiger partial charge on any atom is 0.246 e. The van der Waals surface area contributed by atoms with E-state index in [0.29, 0.717) is 17.1 Å². The Kier molecular flexibility index (Phi) is 7.27. The number of nitrogens with two attached hydrogens (primary N) is 1. The highest BCUT2D eigenvalue weighted by Crippen LogP contribution is 2.25. The van der Waals surface area contributed by atoms with Crippen LogP contribution >= 0.6 is 0 Å². The Morgan fingerprint density at radius 3 is 1.65 bits per heavy atom. The number of ether oxygens (including phenoxy) is 2. The molecule has 0 aliphatic rings. The summed E-state index contributed by atoms with van der Waals surface area (Å²) in [7, 11) is -1.01. The molecule has 0 heterocycles. The van der Waals surface area contributed by atoms with Gasteiger partial charge in [0.25, 0.3) is 0 Å². The second-order valence-corrected chi connectivity index (χ2v) is 8.84. The van der Waals surface area contributed by atoms with Crippen molar-refractivity contribution in [2.45, 2.75) is 24.5 Å². The number of hydrogen-bond acceptors (Lipinski definition) is 5. The van der Waals surface area contributed by atoms with Gasteiger partial charge in [-0.05, 0) is 53.1 Å². The monoisotopic (exact) mass is 444 g/mol. The summed E-state index contributed by atoms with van der Waals surface area (Å²) in [5, 5.41) is 0. The van der Waals surface area contributed by atoms with Gasteiger partial charge in [0.1, 0.15) is 22.2 Å². The van der Waals surface area contributed by atoms with Crippen molar-refractivity contribution in [2.75, 3.05) is 14.2 Å². The number of sulfonamides is 1. The second-order valence-electron chi connectivity index (χ2n) is 6.94. The van der Waals surface area contributed by atoms with E-state index in [1.165, 1.54) is 16.4 Å². The molecule has 0 fully saturated rings. The van der Waals surface area contributed by atoms with Crippen molar-refractivity contribution >= 4 is 10.0 Å².